The average molecular weight is 353 g/mol. The molecule has 1 atom stereocenters. The van der Waals surface area contributed by atoms with E-state index in [1.807, 2.05) is 0 Å². The van der Waals surface area contributed by atoms with Crippen LogP contribution >= 0.6 is 0 Å². The van der Waals surface area contributed by atoms with Crippen molar-refractivity contribution in [2.45, 2.75) is 70.1 Å². The van der Waals surface area contributed by atoms with E-state index in [0.29, 0.717) is 13.3 Å². The van der Waals surface area contributed by atoms with Gasteiger partial charge in [-0.15, -0.1) is 0 Å². The normalized spacial score (nSPS) is 23.6. The van der Waals surface area contributed by atoms with Gasteiger partial charge < -0.3 is 14.6 Å². The number of aromatic carboxylic acids is 1. The molecular formula is C17H28N2O4Si. The maximum absolute atomic E-state index is 11.5. The molecule has 1 aliphatic heterocycles. The molecule has 2 heterocycles. The first-order valence-electron chi connectivity index (χ1n) is 8.83. The van der Waals surface area contributed by atoms with Crippen LogP contribution in [0.4, 0.5) is 0 Å². The van der Waals surface area contributed by atoms with Crippen molar-refractivity contribution in [2.75, 3.05) is 13.2 Å². The van der Waals surface area contributed by atoms with E-state index in [9.17, 15) is 9.90 Å². The molecule has 6 nitrogen and oxygen atoms in total. The minimum Gasteiger partial charge on any atom is -0.476 e. The van der Waals surface area contributed by atoms with Crippen molar-refractivity contribution < 1.29 is 19.4 Å². The SMILES string of the molecule is C[Si](C)(C)CCOCn1nc(C(=O)O)c2c1CC1(CCCO1)CC2. The Balaban J connectivity index is 1.75. The fourth-order valence-electron chi connectivity index (χ4n) is 3.64. The van der Waals surface area contributed by atoms with Gasteiger partial charge in [0, 0.05) is 39.0 Å². The molecule has 1 spiro atoms. The third-order valence-electron chi connectivity index (χ3n) is 5.08. The quantitative estimate of drug-likeness (QED) is 0.629. The molecule has 134 valence electrons. The monoisotopic (exact) mass is 352 g/mol. The number of rotatable bonds is 6. The van der Waals surface area contributed by atoms with E-state index in [2.05, 4.69) is 24.7 Å². The lowest BCUT2D eigenvalue weighted by Gasteiger charge is -2.33. The smallest absolute Gasteiger partial charge is 0.356 e. The van der Waals surface area contributed by atoms with Gasteiger partial charge in [-0.25, -0.2) is 9.48 Å². The van der Waals surface area contributed by atoms with E-state index >= 15 is 0 Å². The van der Waals surface area contributed by atoms with Crippen LogP contribution in [-0.2, 0) is 29.0 Å². The molecule has 0 amide bonds. The van der Waals surface area contributed by atoms with E-state index in [1.165, 1.54) is 0 Å². The molecule has 0 bridgehead atoms. The van der Waals surface area contributed by atoms with E-state index in [0.717, 1.165) is 56.0 Å². The van der Waals surface area contributed by atoms with Crippen molar-refractivity contribution in [1.82, 2.24) is 9.78 Å². The number of carboxylic acid groups (broad SMARTS) is 1. The summed E-state index contributed by atoms with van der Waals surface area (Å²) in [7, 11) is -1.13. The minimum atomic E-state index is -1.13. The number of hydrogen-bond acceptors (Lipinski definition) is 4. The summed E-state index contributed by atoms with van der Waals surface area (Å²) in [6, 6.07) is 1.09. The van der Waals surface area contributed by atoms with Crippen LogP contribution in [0.1, 0.15) is 41.0 Å². The topological polar surface area (TPSA) is 73.6 Å². The van der Waals surface area contributed by atoms with Gasteiger partial charge in [-0.3, -0.25) is 0 Å². The Morgan fingerprint density at radius 1 is 1.42 bits per heavy atom. The van der Waals surface area contributed by atoms with Crippen molar-refractivity contribution in [2.24, 2.45) is 0 Å². The van der Waals surface area contributed by atoms with Crippen LogP contribution < -0.4 is 0 Å². The van der Waals surface area contributed by atoms with E-state index < -0.39 is 14.0 Å². The molecule has 1 aliphatic carbocycles. The second-order valence-corrected chi connectivity index (χ2v) is 13.9. The zero-order valence-corrected chi connectivity index (χ0v) is 15.9. The molecule has 0 saturated carbocycles. The molecule has 1 unspecified atom stereocenters. The largest absolute Gasteiger partial charge is 0.476 e. The van der Waals surface area contributed by atoms with Gasteiger partial charge in [0.1, 0.15) is 6.73 Å². The summed E-state index contributed by atoms with van der Waals surface area (Å²) < 4.78 is 13.6. The van der Waals surface area contributed by atoms with Gasteiger partial charge in [-0.1, -0.05) is 19.6 Å². The van der Waals surface area contributed by atoms with Crippen LogP contribution in [0.15, 0.2) is 0 Å². The molecule has 7 heteroatoms. The molecule has 1 aromatic rings. The number of nitrogens with zero attached hydrogens (tertiary/aromatic N) is 2. The standard InChI is InChI=1S/C17H28N2O4Si/c1-24(2,3)10-9-22-12-19-14-11-17(6-4-8-23-17)7-5-13(14)15(18-19)16(20)21/h4-12H2,1-3H3,(H,20,21). The summed E-state index contributed by atoms with van der Waals surface area (Å²) in [5, 5.41) is 13.8. The molecular weight excluding hydrogens is 324 g/mol. The van der Waals surface area contributed by atoms with Gasteiger partial charge in [-0.05, 0) is 31.7 Å². The van der Waals surface area contributed by atoms with Gasteiger partial charge in [0.05, 0.1) is 5.60 Å². The number of fused-ring (bicyclic) bond motifs is 1. The van der Waals surface area contributed by atoms with Gasteiger partial charge in [-0.2, -0.15) is 5.10 Å². The number of carbonyl (C=O) groups is 1. The van der Waals surface area contributed by atoms with Crippen LogP contribution in [0.2, 0.25) is 25.7 Å². The molecule has 1 N–H and O–H groups in total. The zero-order chi connectivity index (χ0) is 17.4. The Kier molecular flexibility index (Phi) is 4.86. The van der Waals surface area contributed by atoms with Crippen molar-refractivity contribution in [1.29, 1.82) is 0 Å². The second kappa shape index (κ2) is 6.61. The molecule has 1 fully saturated rings. The van der Waals surface area contributed by atoms with Crippen LogP contribution in [0.3, 0.4) is 0 Å². The third kappa shape index (κ3) is 3.73. The first-order chi connectivity index (χ1) is 11.3. The first kappa shape index (κ1) is 17.6. The number of carboxylic acids is 1. The second-order valence-electron chi connectivity index (χ2n) is 8.24. The van der Waals surface area contributed by atoms with Crippen LogP contribution in [0.25, 0.3) is 0 Å². The number of hydrogen-bond donors (Lipinski definition) is 1. The highest BCUT2D eigenvalue weighted by molar-refractivity contribution is 6.76. The first-order valence-corrected chi connectivity index (χ1v) is 12.5. The van der Waals surface area contributed by atoms with Gasteiger partial charge >= 0.3 is 5.97 Å². The number of aromatic nitrogens is 2. The zero-order valence-electron chi connectivity index (χ0n) is 14.9. The molecule has 2 aliphatic rings. The van der Waals surface area contributed by atoms with Crippen molar-refractivity contribution in [3.05, 3.63) is 17.0 Å². The summed E-state index contributed by atoms with van der Waals surface area (Å²) in [4.78, 5) is 11.5. The molecule has 3 rings (SSSR count). The Labute approximate surface area is 144 Å². The van der Waals surface area contributed by atoms with E-state index in [4.69, 9.17) is 9.47 Å². The van der Waals surface area contributed by atoms with E-state index in [1.54, 1.807) is 4.68 Å². The van der Waals surface area contributed by atoms with Gasteiger partial charge in [0.2, 0.25) is 0 Å². The van der Waals surface area contributed by atoms with Crippen LogP contribution in [-0.4, -0.2) is 47.7 Å². The minimum absolute atomic E-state index is 0.112. The van der Waals surface area contributed by atoms with Crippen molar-refractivity contribution in [3.63, 3.8) is 0 Å². The van der Waals surface area contributed by atoms with Crippen LogP contribution in [0, 0.1) is 0 Å². The molecule has 24 heavy (non-hydrogen) atoms. The fourth-order valence-corrected chi connectivity index (χ4v) is 4.40. The maximum atomic E-state index is 11.5. The summed E-state index contributed by atoms with van der Waals surface area (Å²) >= 11 is 0. The Morgan fingerprint density at radius 2 is 2.21 bits per heavy atom. The molecule has 1 saturated heterocycles. The highest BCUT2D eigenvalue weighted by Gasteiger charge is 2.41. The Morgan fingerprint density at radius 3 is 2.83 bits per heavy atom. The third-order valence-corrected chi connectivity index (χ3v) is 6.79. The van der Waals surface area contributed by atoms with Gasteiger partial charge in [0.25, 0.3) is 0 Å². The molecule has 0 radical (unpaired) electrons. The summed E-state index contributed by atoms with van der Waals surface area (Å²) in [5.74, 6) is -0.949. The van der Waals surface area contributed by atoms with Gasteiger partial charge in [0.15, 0.2) is 5.69 Å². The lowest BCUT2D eigenvalue weighted by atomic mass is 9.81. The lowest BCUT2D eigenvalue weighted by Crippen LogP contribution is -2.36. The fraction of sp³-hybridized carbons (Fsp3) is 0.765. The van der Waals surface area contributed by atoms with E-state index in [-0.39, 0.29) is 11.3 Å². The van der Waals surface area contributed by atoms with Crippen molar-refractivity contribution in [3.8, 4) is 0 Å². The van der Waals surface area contributed by atoms with Crippen LogP contribution in [0.5, 0.6) is 0 Å². The average Bonchev–Trinajstić information content (AvgIpc) is 3.08. The lowest BCUT2D eigenvalue weighted by molar-refractivity contribution is -0.0105. The maximum Gasteiger partial charge on any atom is 0.356 e. The predicted molar refractivity (Wildman–Crippen MR) is 93.2 cm³/mol. The molecule has 1 aromatic heterocycles. The summed E-state index contributed by atoms with van der Waals surface area (Å²) in [6.07, 6.45) is 4.51. The predicted octanol–water partition coefficient (Wildman–Crippen LogP) is 2.93. The van der Waals surface area contributed by atoms with Crippen molar-refractivity contribution >= 4 is 14.0 Å². The highest BCUT2D eigenvalue weighted by atomic mass is 28.3. The Bertz CT molecular complexity index is 615. The summed E-state index contributed by atoms with van der Waals surface area (Å²) in [5.41, 5.74) is 1.94. The highest BCUT2D eigenvalue weighted by Crippen LogP contribution is 2.39. The molecule has 0 aromatic carbocycles. The summed E-state index contributed by atoms with van der Waals surface area (Å²) in [6.45, 7) is 8.79. The number of ether oxygens (including phenoxy) is 2. The Hall–Kier alpha value is -1.18.